The smallest absolute Gasteiger partial charge is 0.311 e. The third-order valence-corrected chi connectivity index (χ3v) is 4.41. The van der Waals surface area contributed by atoms with E-state index in [1.807, 2.05) is 0 Å². The van der Waals surface area contributed by atoms with Crippen molar-refractivity contribution in [2.75, 3.05) is 7.11 Å². The highest BCUT2D eigenvalue weighted by molar-refractivity contribution is 5.87. The van der Waals surface area contributed by atoms with E-state index >= 15 is 0 Å². The molecule has 158 valence electrons. The van der Waals surface area contributed by atoms with E-state index in [1.165, 1.54) is 7.11 Å². The van der Waals surface area contributed by atoms with Gasteiger partial charge in [-0.05, 0) is 12.1 Å². The van der Waals surface area contributed by atoms with Crippen LogP contribution in [0.3, 0.4) is 0 Å². The molecule has 4 aromatic rings. The number of H-pyrrole nitrogens is 2. The normalized spacial score (nSPS) is 10.4. The van der Waals surface area contributed by atoms with Crippen LogP contribution in [0.4, 0.5) is 0 Å². The van der Waals surface area contributed by atoms with Crippen molar-refractivity contribution < 1.29 is 19.4 Å². The van der Waals surface area contributed by atoms with Gasteiger partial charge in [-0.25, -0.2) is 10.2 Å². The van der Waals surface area contributed by atoms with Crippen LogP contribution in [0, 0.1) is 0 Å². The molecule has 0 amide bonds. The van der Waals surface area contributed by atoms with Crippen molar-refractivity contribution in [3.63, 3.8) is 0 Å². The van der Waals surface area contributed by atoms with Crippen LogP contribution in [0.5, 0.6) is 0 Å². The fourth-order valence-corrected chi connectivity index (χ4v) is 2.96. The fraction of sp³-hybridized carbons (Fsp3) is 0.143. The molecule has 0 aliphatic rings. The van der Waals surface area contributed by atoms with Gasteiger partial charge in [0.1, 0.15) is 0 Å². The number of fused-ring (bicyclic) bond motifs is 2. The van der Waals surface area contributed by atoms with E-state index in [0.29, 0.717) is 32.9 Å². The SMILES string of the molecule is COC(=O)Cc1n[nH]c(=O)c2ccccc12.O=C(O)Cc1n[nH]c(=O)c2ccccc12. The van der Waals surface area contributed by atoms with E-state index in [-0.39, 0.29) is 29.9 Å². The first-order chi connectivity index (χ1) is 14.9. The molecule has 0 aliphatic carbocycles. The Balaban J connectivity index is 0.000000176. The molecular formula is C21H18N4O6. The van der Waals surface area contributed by atoms with Crippen LogP contribution >= 0.6 is 0 Å². The monoisotopic (exact) mass is 422 g/mol. The number of aromatic amines is 2. The summed E-state index contributed by atoms with van der Waals surface area (Å²) in [5.74, 6) is -1.36. The Hall–Kier alpha value is -4.34. The van der Waals surface area contributed by atoms with Crippen LogP contribution in [0.1, 0.15) is 11.4 Å². The fourth-order valence-electron chi connectivity index (χ4n) is 2.96. The number of carboxylic acids is 1. The minimum absolute atomic E-state index is 0.0494. The Morgan fingerprint density at radius 2 is 1.23 bits per heavy atom. The highest BCUT2D eigenvalue weighted by Crippen LogP contribution is 2.13. The Morgan fingerprint density at radius 3 is 1.65 bits per heavy atom. The number of carbonyl (C=O) groups excluding carboxylic acids is 1. The van der Waals surface area contributed by atoms with Gasteiger partial charge in [0, 0.05) is 10.8 Å². The number of methoxy groups -OCH3 is 1. The minimum atomic E-state index is -0.972. The number of esters is 1. The maximum Gasteiger partial charge on any atom is 0.311 e. The molecule has 10 heteroatoms. The molecule has 2 aromatic heterocycles. The number of carbonyl (C=O) groups is 2. The highest BCUT2D eigenvalue weighted by Gasteiger charge is 2.10. The first-order valence-corrected chi connectivity index (χ1v) is 9.12. The molecule has 0 bridgehead atoms. The lowest BCUT2D eigenvalue weighted by atomic mass is 10.1. The van der Waals surface area contributed by atoms with Crippen LogP contribution in [0.25, 0.3) is 21.5 Å². The Bertz CT molecular complexity index is 1380. The van der Waals surface area contributed by atoms with Crippen molar-refractivity contribution in [2.45, 2.75) is 12.8 Å². The van der Waals surface area contributed by atoms with Crippen LogP contribution in [0.2, 0.25) is 0 Å². The second kappa shape index (κ2) is 9.44. The maximum atomic E-state index is 11.5. The number of carboxylic acid groups (broad SMARTS) is 1. The van der Waals surface area contributed by atoms with Gasteiger partial charge in [-0.1, -0.05) is 36.4 Å². The third kappa shape index (κ3) is 4.99. The molecule has 4 rings (SSSR count). The Labute approximate surface area is 174 Å². The number of ether oxygens (including phenoxy) is 1. The lowest BCUT2D eigenvalue weighted by molar-refractivity contribution is -0.140. The van der Waals surface area contributed by atoms with Gasteiger partial charge in [-0.3, -0.25) is 19.2 Å². The summed E-state index contributed by atoms with van der Waals surface area (Å²) < 4.78 is 4.56. The molecule has 3 N–H and O–H groups in total. The molecule has 2 aromatic carbocycles. The molecule has 10 nitrogen and oxygen atoms in total. The number of nitrogens with zero attached hydrogens (tertiary/aromatic N) is 2. The zero-order valence-corrected chi connectivity index (χ0v) is 16.4. The van der Waals surface area contributed by atoms with Gasteiger partial charge in [0.15, 0.2) is 0 Å². The number of aliphatic carboxylic acids is 1. The lowest BCUT2D eigenvalue weighted by Gasteiger charge is -2.02. The quantitative estimate of drug-likeness (QED) is 0.414. The summed E-state index contributed by atoms with van der Waals surface area (Å²) in [6, 6.07) is 13.8. The largest absolute Gasteiger partial charge is 0.481 e. The Kier molecular flexibility index (Phi) is 6.51. The van der Waals surface area contributed by atoms with E-state index in [0.717, 1.165) is 0 Å². The number of nitrogens with one attached hydrogen (secondary N) is 2. The molecule has 0 radical (unpaired) electrons. The topological polar surface area (TPSA) is 155 Å². The molecule has 0 spiro atoms. The van der Waals surface area contributed by atoms with Crippen molar-refractivity contribution in [3.05, 3.63) is 80.6 Å². The molecule has 0 aliphatic heterocycles. The van der Waals surface area contributed by atoms with Gasteiger partial charge in [-0.2, -0.15) is 10.2 Å². The molecule has 0 saturated heterocycles. The Morgan fingerprint density at radius 1 is 0.806 bits per heavy atom. The number of hydrogen-bond acceptors (Lipinski definition) is 7. The van der Waals surface area contributed by atoms with Crippen molar-refractivity contribution in [2.24, 2.45) is 0 Å². The molecular weight excluding hydrogens is 404 g/mol. The second-order valence-corrected chi connectivity index (χ2v) is 6.41. The summed E-state index contributed by atoms with van der Waals surface area (Å²) in [5, 5.41) is 23.1. The first kappa shape index (κ1) is 21.4. The molecule has 0 saturated carbocycles. The number of rotatable bonds is 4. The van der Waals surface area contributed by atoms with E-state index < -0.39 is 5.97 Å². The van der Waals surface area contributed by atoms with Crippen LogP contribution in [0.15, 0.2) is 58.1 Å². The predicted octanol–water partition coefficient (Wildman–Crippen LogP) is 1.19. The summed E-state index contributed by atoms with van der Waals surface area (Å²) in [4.78, 5) is 44.5. The molecule has 31 heavy (non-hydrogen) atoms. The van der Waals surface area contributed by atoms with Crippen molar-refractivity contribution in [1.82, 2.24) is 20.4 Å². The van der Waals surface area contributed by atoms with Gasteiger partial charge in [-0.15, -0.1) is 0 Å². The number of benzene rings is 2. The first-order valence-electron chi connectivity index (χ1n) is 9.12. The zero-order chi connectivity index (χ0) is 22.4. The van der Waals surface area contributed by atoms with Gasteiger partial charge in [0.25, 0.3) is 11.1 Å². The van der Waals surface area contributed by atoms with E-state index in [9.17, 15) is 19.2 Å². The van der Waals surface area contributed by atoms with Crippen LogP contribution in [-0.4, -0.2) is 44.5 Å². The molecule has 0 fully saturated rings. The standard InChI is InChI=1S/C11H10N2O3.C10H8N2O3/c1-16-10(14)6-9-7-4-2-3-5-8(7)11(15)13-12-9;13-9(14)5-8-6-3-1-2-4-7(6)10(15)12-11-8/h2-5H,6H2,1H3,(H,13,15);1-4H,5H2,(H,12,15)(H,13,14). The lowest BCUT2D eigenvalue weighted by Crippen LogP contribution is -2.14. The molecule has 2 heterocycles. The molecule has 0 atom stereocenters. The van der Waals surface area contributed by atoms with E-state index in [2.05, 4.69) is 25.1 Å². The predicted molar refractivity (Wildman–Crippen MR) is 112 cm³/mol. The third-order valence-electron chi connectivity index (χ3n) is 4.41. The van der Waals surface area contributed by atoms with Crippen LogP contribution < -0.4 is 11.1 Å². The highest BCUT2D eigenvalue weighted by atomic mass is 16.5. The molecule has 0 unspecified atom stereocenters. The maximum absolute atomic E-state index is 11.5. The average Bonchev–Trinajstić information content (AvgIpc) is 2.78. The summed E-state index contributed by atoms with van der Waals surface area (Å²) >= 11 is 0. The van der Waals surface area contributed by atoms with Gasteiger partial charge < -0.3 is 9.84 Å². The summed E-state index contributed by atoms with van der Waals surface area (Å²) in [7, 11) is 1.32. The van der Waals surface area contributed by atoms with E-state index in [1.54, 1.807) is 48.5 Å². The summed E-state index contributed by atoms with van der Waals surface area (Å²) in [5.41, 5.74) is 0.323. The minimum Gasteiger partial charge on any atom is -0.481 e. The van der Waals surface area contributed by atoms with Crippen LogP contribution in [-0.2, 0) is 27.2 Å². The summed E-state index contributed by atoms with van der Waals surface area (Å²) in [6.45, 7) is 0. The van der Waals surface area contributed by atoms with Gasteiger partial charge in [0.05, 0.1) is 42.1 Å². The average molecular weight is 422 g/mol. The van der Waals surface area contributed by atoms with Crippen molar-refractivity contribution in [1.29, 1.82) is 0 Å². The van der Waals surface area contributed by atoms with Crippen molar-refractivity contribution in [3.8, 4) is 0 Å². The number of hydrogen-bond donors (Lipinski definition) is 3. The van der Waals surface area contributed by atoms with Crippen molar-refractivity contribution >= 4 is 33.5 Å². The van der Waals surface area contributed by atoms with Gasteiger partial charge >= 0.3 is 11.9 Å². The zero-order valence-electron chi connectivity index (χ0n) is 16.4. The summed E-state index contributed by atoms with van der Waals surface area (Å²) in [6.07, 6.45) is -0.148. The number of aromatic nitrogens is 4. The van der Waals surface area contributed by atoms with E-state index in [4.69, 9.17) is 5.11 Å². The second-order valence-electron chi connectivity index (χ2n) is 6.41. The van der Waals surface area contributed by atoms with Gasteiger partial charge in [0.2, 0.25) is 0 Å².